The zero-order valence-corrected chi connectivity index (χ0v) is 12.7. The maximum atomic E-state index is 9.71. The summed E-state index contributed by atoms with van der Waals surface area (Å²) in [5.74, 6) is 1.78. The zero-order chi connectivity index (χ0) is 14.9. The number of anilines is 2. The summed E-state index contributed by atoms with van der Waals surface area (Å²) >= 11 is 0. The van der Waals surface area contributed by atoms with Crippen molar-refractivity contribution in [2.24, 2.45) is 0 Å². The van der Waals surface area contributed by atoms with Gasteiger partial charge in [0.05, 0.1) is 23.7 Å². The van der Waals surface area contributed by atoms with Gasteiger partial charge in [0.2, 0.25) is 0 Å². The molecule has 2 fully saturated rings. The summed E-state index contributed by atoms with van der Waals surface area (Å²) in [6, 6.07) is 8.69. The smallest absolute Gasteiger partial charge is 0.172 e. The normalized spacial score (nSPS) is 22.0. The molecule has 2 aromatic rings. The van der Waals surface area contributed by atoms with E-state index in [4.69, 9.17) is 9.97 Å². The van der Waals surface area contributed by atoms with Crippen LogP contribution in [0.1, 0.15) is 32.1 Å². The molecule has 0 spiro atoms. The van der Waals surface area contributed by atoms with Crippen molar-refractivity contribution < 1.29 is 5.11 Å². The fourth-order valence-corrected chi connectivity index (χ4v) is 3.18. The Kier molecular flexibility index (Phi) is 3.58. The summed E-state index contributed by atoms with van der Waals surface area (Å²) in [5, 5.41) is 13.2. The molecule has 2 aliphatic rings. The quantitative estimate of drug-likeness (QED) is 0.908. The Morgan fingerprint density at radius 2 is 1.86 bits per heavy atom. The number of nitrogens with zero attached hydrogens (tertiary/aromatic N) is 3. The van der Waals surface area contributed by atoms with E-state index in [-0.39, 0.29) is 12.6 Å². The van der Waals surface area contributed by atoms with Crippen molar-refractivity contribution in [1.29, 1.82) is 0 Å². The lowest BCUT2D eigenvalue weighted by Crippen LogP contribution is -2.43. The van der Waals surface area contributed by atoms with Crippen LogP contribution in [0.2, 0.25) is 0 Å². The Bertz CT molecular complexity index is 671. The Labute approximate surface area is 130 Å². The van der Waals surface area contributed by atoms with Crippen LogP contribution in [-0.4, -0.2) is 40.3 Å². The molecule has 116 valence electrons. The third-order valence-corrected chi connectivity index (χ3v) is 4.58. The first-order valence-corrected chi connectivity index (χ1v) is 8.26. The molecule has 1 saturated heterocycles. The van der Waals surface area contributed by atoms with E-state index in [1.54, 1.807) is 0 Å². The number of aliphatic hydroxyl groups is 1. The second-order valence-electron chi connectivity index (χ2n) is 6.33. The number of nitrogens with one attached hydrogen (secondary N) is 1. The predicted molar refractivity (Wildman–Crippen MR) is 88.3 cm³/mol. The van der Waals surface area contributed by atoms with Crippen LogP contribution in [0.25, 0.3) is 11.0 Å². The Hall–Kier alpha value is -1.88. The molecule has 5 nitrogen and oxygen atoms in total. The molecular weight excluding hydrogens is 276 g/mol. The van der Waals surface area contributed by atoms with Crippen molar-refractivity contribution in [3.63, 3.8) is 0 Å². The molecule has 1 aliphatic carbocycles. The van der Waals surface area contributed by atoms with Crippen molar-refractivity contribution >= 4 is 22.7 Å². The molecule has 0 unspecified atom stereocenters. The summed E-state index contributed by atoms with van der Waals surface area (Å²) in [4.78, 5) is 11.9. The number of hydrogen-bond acceptors (Lipinski definition) is 5. The summed E-state index contributed by atoms with van der Waals surface area (Å²) in [5.41, 5.74) is 1.84. The molecule has 22 heavy (non-hydrogen) atoms. The maximum absolute atomic E-state index is 9.71. The highest BCUT2D eigenvalue weighted by Crippen LogP contribution is 2.33. The first-order chi connectivity index (χ1) is 10.8. The van der Waals surface area contributed by atoms with Crippen molar-refractivity contribution in [3.8, 4) is 0 Å². The summed E-state index contributed by atoms with van der Waals surface area (Å²) in [6.07, 6.45) is 5.75. The molecule has 1 aromatic heterocycles. The standard InChI is InChI=1S/C17H22N4O/c22-11-13-5-3-4-10-21(13)17-16(18-12-8-9-12)19-14-6-1-2-7-15(14)20-17/h1-2,6-7,12-13,22H,3-5,8-11H2,(H,18,19)/t13-/m1/s1. The van der Waals surface area contributed by atoms with Gasteiger partial charge in [-0.3, -0.25) is 0 Å². The third kappa shape index (κ3) is 2.61. The van der Waals surface area contributed by atoms with Gasteiger partial charge in [-0.2, -0.15) is 0 Å². The van der Waals surface area contributed by atoms with E-state index in [9.17, 15) is 5.11 Å². The minimum atomic E-state index is 0.156. The Morgan fingerprint density at radius 3 is 2.59 bits per heavy atom. The Morgan fingerprint density at radius 1 is 1.09 bits per heavy atom. The van der Waals surface area contributed by atoms with Gasteiger partial charge in [-0.1, -0.05) is 12.1 Å². The highest BCUT2D eigenvalue weighted by Gasteiger charge is 2.29. The minimum Gasteiger partial charge on any atom is -0.394 e. The SMILES string of the molecule is OC[C@H]1CCCCN1c1nc2ccccc2nc1NC1CC1. The van der Waals surface area contributed by atoms with Crippen LogP contribution >= 0.6 is 0 Å². The topological polar surface area (TPSA) is 61.3 Å². The molecule has 2 N–H and O–H groups in total. The van der Waals surface area contributed by atoms with Crippen molar-refractivity contribution in [2.45, 2.75) is 44.2 Å². The number of aliphatic hydroxyl groups excluding tert-OH is 1. The second kappa shape index (κ2) is 5.72. The molecule has 1 aromatic carbocycles. The number of para-hydroxylation sites is 2. The van der Waals surface area contributed by atoms with E-state index in [0.717, 1.165) is 42.1 Å². The average molecular weight is 298 g/mol. The van der Waals surface area contributed by atoms with E-state index in [1.807, 2.05) is 24.3 Å². The molecule has 1 aliphatic heterocycles. The fourth-order valence-electron chi connectivity index (χ4n) is 3.18. The summed E-state index contributed by atoms with van der Waals surface area (Å²) in [6.45, 7) is 1.12. The number of hydrogen-bond donors (Lipinski definition) is 2. The monoisotopic (exact) mass is 298 g/mol. The fraction of sp³-hybridized carbons (Fsp3) is 0.529. The number of piperidine rings is 1. The largest absolute Gasteiger partial charge is 0.394 e. The summed E-state index contributed by atoms with van der Waals surface area (Å²) in [7, 11) is 0. The number of fused-ring (bicyclic) bond motifs is 1. The van der Waals surface area contributed by atoms with Crippen LogP contribution in [0.5, 0.6) is 0 Å². The predicted octanol–water partition coefficient (Wildman–Crippen LogP) is 2.56. The van der Waals surface area contributed by atoms with Crippen LogP contribution in [0, 0.1) is 0 Å². The van der Waals surface area contributed by atoms with Gasteiger partial charge >= 0.3 is 0 Å². The second-order valence-corrected chi connectivity index (χ2v) is 6.33. The lowest BCUT2D eigenvalue weighted by Gasteiger charge is -2.36. The lowest BCUT2D eigenvalue weighted by molar-refractivity contribution is 0.239. The van der Waals surface area contributed by atoms with Crippen molar-refractivity contribution in [2.75, 3.05) is 23.4 Å². The molecule has 2 heterocycles. The van der Waals surface area contributed by atoms with E-state index in [2.05, 4.69) is 10.2 Å². The van der Waals surface area contributed by atoms with Crippen LogP contribution < -0.4 is 10.2 Å². The zero-order valence-electron chi connectivity index (χ0n) is 12.7. The molecule has 0 radical (unpaired) electrons. The molecule has 4 rings (SSSR count). The van der Waals surface area contributed by atoms with Gasteiger partial charge in [-0.05, 0) is 44.2 Å². The third-order valence-electron chi connectivity index (χ3n) is 4.58. The Balaban J connectivity index is 1.78. The van der Waals surface area contributed by atoms with Gasteiger partial charge in [-0.15, -0.1) is 0 Å². The highest BCUT2D eigenvalue weighted by atomic mass is 16.3. The molecule has 1 saturated carbocycles. The summed E-state index contributed by atoms with van der Waals surface area (Å²) < 4.78 is 0. The van der Waals surface area contributed by atoms with Crippen molar-refractivity contribution in [3.05, 3.63) is 24.3 Å². The number of rotatable bonds is 4. The molecular formula is C17H22N4O. The lowest BCUT2D eigenvalue weighted by atomic mass is 10.0. The first-order valence-electron chi connectivity index (χ1n) is 8.26. The molecule has 0 bridgehead atoms. The number of aromatic nitrogens is 2. The van der Waals surface area contributed by atoms with Crippen LogP contribution in [0.4, 0.5) is 11.6 Å². The maximum Gasteiger partial charge on any atom is 0.172 e. The van der Waals surface area contributed by atoms with Gasteiger partial charge in [0, 0.05) is 12.6 Å². The number of benzene rings is 1. The van der Waals surface area contributed by atoms with E-state index in [0.29, 0.717) is 6.04 Å². The van der Waals surface area contributed by atoms with Gasteiger partial charge in [0.25, 0.3) is 0 Å². The minimum absolute atomic E-state index is 0.156. The van der Waals surface area contributed by atoms with Crippen molar-refractivity contribution in [1.82, 2.24) is 9.97 Å². The van der Waals surface area contributed by atoms with E-state index in [1.165, 1.54) is 19.3 Å². The average Bonchev–Trinajstić information content (AvgIpc) is 3.38. The van der Waals surface area contributed by atoms with E-state index >= 15 is 0 Å². The van der Waals surface area contributed by atoms with E-state index < -0.39 is 0 Å². The van der Waals surface area contributed by atoms with Gasteiger partial charge in [0.1, 0.15) is 0 Å². The van der Waals surface area contributed by atoms with Gasteiger partial charge in [0.15, 0.2) is 11.6 Å². The first kappa shape index (κ1) is 13.8. The van der Waals surface area contributed by atoms with Gasteiger partial charge in [-0.25, -0.2) is 9.97 Å². The molecule has 5 heteroatoms. The molecule has 1 atom stereocenters. The van der Waals surface area contributed by atoms with Gasteiger partial charge < -0.3 is 15.3 Å². The van der Waals surface area contributed by atoms with Crippen LogP contribution in [-0.2, 0) is 0 Å². The van der Waals surface area contributed by atoms with Crippen LogP contribution in [0.15, 0.2) is 24.3 Å². The molecule has 0 amide bonds. The highest BCUT2D eigenvalue weighted by molar-refractivity contribution is 5.80. The van der Waals surface area contributed by atoms with Crippen LogP contribution in [0.3, 0.4) is 0 Å².